The highest BCUT2D eigenvalue weighted by Gasteiger charge is 2.99. The Bertz CT molecular complexity index is 264. The maximum absolute atomic E-state index is 11.4. The van der Waals surface area contributed by atoms with Gasteiger partial charge in [0.2, 0.25) is 0 Å². The molecule has 0 aromatic rings. The molecule has 0 aliphatic heterocycles. The summed E-state index contributed by atoms with van der Waals surface area (Å²) < 4.78 is 4.85. The van der Waals surface area contributed by atoms with Gasteiger partial charge in [-0.15, -0.1) is 0 Å². The maximum atomic E-state index is 11.4. The van der Waals surface area contributed by atoms with E-state index in [-0.39, 0.29) is 11.4 Å². The summed E-state index contributed by atoms with van der Waals surface area (Å²) in [5.41, 5.74) is 0.101. The number of hydrogen-bond acceptors (Lipinski definition) is 2. The normalized spacial score (nSPS) is 71.5. The molecule has 58 valence electrons. The number of methoxy groups -OCH3 is 1. The second-order valence-corrected chi connectivity index (χ2v) is 4.56. The summed E-state index contributed by atoms with van der Waals surface area (Å²) >= 11 is 0. The Morgan fingerprint density at radius 2 is 2.36 bits per heavy atom. The van der Waals surface area contributed by atoms with Gasteiger partial charge in [-0.2, -0.15) is 0 Å². The molecule has 0 saturated heterocycles. The molecule has 11 heavy (non-hydrogen) atoms. The van der Waals surface area contributed by atoms with Crippen LogP contribution in [0.3, 0.4) is 0 Å². The Morgan fingerprint density at radius 1 is 1.55 bits per heavy atom. The van der Waals surface area contributed by atoms with E-state index in [0.717, 1.165) is 29.6 Å². The highest BCUT2D eigenvalue weighted by atomic mass is 16.5. The van der Waals surface area contributed by atoms with Gasteiger partial charge in [0, 0.05) is 0 Å². The van der Waals surface area contributed by atoms with E-state index in [2.05, 4.69) is 0 Å². The van der Waals surface area contributed by atoms with Gasteiger partial charge in [0.25, 0.3) is 0 Å². The zero-order chi connectivity index (χ0) is 7.38. The summed E-state index contributed by atoms with van der Waals surface area (Å²) in [4.78, 5) is 11.4. The fourth-order valence-electron chi connectivity index (χ4n) is 4.55. The predicted molar refractivity (Wildman–Crippen MR) is 36.5 cm³/mol. The van der Waals surface area contributed by atoms with E-state index in [0.29, 0.717) is 0 Å². The number of carbonyl (C=O) groups excluding carboxylic acids is 1. The van der Waals surface area contributed by atoms with Crippen molar-refractivity contribution in [3.05, 3.63) is 0 Å². The first-order chi connectivity index (χ1) is 5.33. The van der Waals surface area contributed by atoms with Crippen LogP contribution >= 0.6 is 0 Å². The number of hydrogen-bond donors (Lipinski definition) is 0. The van der Waals surface area contributed by atoms with Crippen molar-refractivity contribution in [3.63, 3.8) is 0 Å². The lowest BCUT2D eigenvalue weighted by Crippen LogP contribution is -2.29. The quantitative estimate of drug-likeness (QED) is 0.513. The average Bonchev–Trinajstić information content (AvgIpc) is 2.64. The van der Waals surface area contributed by atoms with Crippen LogP contribution in [0.4, 0.5) is 0 Å². The van der Waals surface area contributed by atoms with Gasteiger partial charge in [0.05, 0.1) is 12.5 Å². The van der Waals surface area contributed by atoms with Crippen molar-refractivity contribution in [2.45, 2.75) is 6.42 Å². The van der Waals surface area contributed by atoms with Crippen molar-refractivity contribution >= 4 is 5.97 Å². The molecule has 0 radical (unpaired) electrons. The third-order valence-electron chi connectivity index (χ3n) is 4.75. The molecule has 0 N–H and O–H groups in total. The van der Waals surface area contributed by atoms with Crippen LogP contribution in [-0.4, -0.2) is 13.1 Å². The summed E-state index contributed by atoms with van der Waals surface area (Å²) in [6.07, 6.45) is 1.34. The highest BCUT2D eigenvalue weighted by molar-refractivity contribution is 5.87. The van der Waals surface area contributed by atoms with Gasteiger partial charge >= 0.3 is 5.97 Å². The summed E-state index contributed by atoms with van der Waals surface area (Å²) in [5.74, 6) is 4.35. The van der Waals surface area contributed by atoms with E-state index in [1.54, 1.807) is 0 Å². The standard InChI is InChI=1S/C9H10O2/c1-11-8(10)9-4-2-3-5(6(3)9)7(4)9/h3-7H,2H2,1H3/t3-,4+,5+,6-,7-,9+/m1/s1. The van der Waals surface area contributed by atoms with Crippen LogP contribution in [0.25, 0.3) is 0 Å². The third kappa shape index (κ3) is 0.256. The zero-order valence-corrected chi connectivity index (χ0v) is 6.41. The smallest absolute Gasteiger partial charge is 0.312 e. The second-order valence-electron chi connectivity index (χ2n) is 4.56. The Kier molecular flexibility index (Phi) is 0.493. The molecule has 6 atom stereocenters. The van der Waals surface area contributed by atoms with Gasteiger partial charge < -0.3 is 4.74 Å². The number of esters is 1. The van der Waals surface area contributed by atoms with Crippen LogP contribution in [0.1, 0.15) is 6.42 Å². The molecule has 5 fully saturated rings. The van der Waals surface area contributed by atoms with Crippen molar-refractivity contribution in [2.24, 2.45) is 35.0 Å². The van der Waals surface area contributed by atoms with Gasteiger partial charge in [-0.3, -0.25) is 4.79 Å². The van der Waals surface area contributed by atoms with Gasteiger partial charge in [0.1, 0.15) is 0 Å². The molecule has 5 rings (SSSR count). The SMILES string of the molecule is COC(=O)[C@]12[C@@H]3[C@@H]4C[C@H]1[C@@H]2[C@@H]43. The highest BCUT2D eigenvalue weighted by Crippen LogP contribution is 2.98. The first kappa shape index (κ1) is 5.18. The van der Waals surface area contributed by atoms with E-state index in [1.807, 2.05) is 0 Å². The monoisotopic (exact) mass is 150 g/mol. The summed E-state index contributed by atoms with van der Waals surface area (Å²) in [7, 11) is 1.53. The largest absolute Gasteiger partial charge is 0.469 e. The number of carbonyl (C=O) groups is 1. The topological polar surface area (TPSA) is 26.3 Å². The Morgan fingerprint density at radius 3 is 2.73 bits per heavy atom. The zero-order valence-electron chi connectivity index (χ0n) is 6.41. The lowest BCUT2D eigenvalue weighted by atomic mass is 9.85. The first-order valence-corrected chi connectivity index (χ1v) is 4.42. The van der Waals surface area contributed by atoms with E-state index in [4.69, 9.17) is 4.74 Å². The van der Waals surface area contributed by atoms with Crippen molar-refractivity contribution < 1.29 is 9.53 Å². The molecule has 2 nitrogen and oxygen atoms in total. The molecular weight excluding hydrogens is 140 g/mol. The minimum atomic E-state index is 0.101. The van der Waals surface area contributed by atoms with Gasteiger partial charge in [0.15, 0.2) is 0 Å². The minimum absolute atomic E-state index is 0.101. The van der Waals surface area contributed by atoms with E-state index < -0.39 is 0 Å². The van der Waals surface area contributed by atoms with E-state index in [9.17, 15) is 4.79 Å². The minimum Gasteiger partial charge on any atom is -0.469 e. The average molecular weight is 150 g/mol. The van der Waals surface area contributed by atoms with Crippen LogP contribution in [0.15, 0.2) is 0 Å². The molecule has 0 unspecified atom stereocenters. The molecule has 2 heteroatoms. The molecule has 5 aliphatic carbocycles. The molecular formula is C9H10O2. The Labute approximate surface area is 64.9 Å². The van der Waals surface area contributed by atoms with Crippen molar-refractivity contribution in [1.82, 2.24) is 0 Å². The number of ether oxygens (including phenoxy) is 1. The van der Waals surface area contributed by atoms with Crippen molar-refractivity contribution in [2.75, 3.05) is 7.11 Å². The Balaban J connectivity index is 1.82. The fraction of sp³-hybridized carbons (Fsp3) is 0.889. The van der Waals surface area contributed by atoms with Crippen molar-refractivity contribution in [3.8, 4) is 0 Å². The van der Waals surface area contributed by atoms with E-state index >= 15 is 0 Å². The van der Waals surface area contributed by atoms with Gasteiger partial charge in [-0.1, -0.05) is 0 Å². The molecule has 2 bridgehead atoms. The second kappa shape index (κ2) is 1.05. The van der Waals surface area contributed by atoms with Gasteiger partial charge in [-0.05, 0) is 36.0 Å². The molecule has 0 heterocycles. The molecule has 5 aliphatic rings. The molecule has 0 aromatic heterocycles. The van der Waals surface area contributed by atoms with Crippen molar-refractivity contribution in [1.29, 1.82) is 0 Å². The summed E-state index contributed by atoms with van der Waals surface area (Å²) in [6, 6.07) is 0. The summed E-state index contributed by atoms with van der Waals surface area (Å²) in [6.45, 7) is 0. The summed E-state index contributed by atoms with van der Waals surface area (Å²) in [5, 5.41) is 0. The van der Waals surface area contributed by atoms with Crippen LogP contribution in [0.2, 0.25) is 0 Å². The lowest BCUT2D eigenvalue weighted by Gasteiger charge is -2.21. The van der Waals surface area contributed by atoms with Crippen LogP contribution in [-0.2, 0) is 9.53 Å². The van der Waals surface area contributed by atoms with Crippen LogP contribution in [0, 0.1) is 35.0 Å². The third-order valence-corrected chi connectivity index (χ3v) is 4.75. The lowest BCUT2D eigenvalue weighted by molar-refractivity contribution is -0.151. The molecule has 0 spiro atoms. The molecule has 5 saturated carbocycles. The fourth-order valence-corrected chi connectivity index (χ4v) is 4.55. The predicted octanol–water partition coefficient (Wildman–Crippen LogP) is 0.671. The van der Waals surface area contributed by atoms with Gasteiger partial charge in [-0.25, -0.2) is 0 Å². The number of rotatable bonds is 1. The molecule has 0 amide bonds. The Hall–Kier alpha value is -0.530. The molecule has 0 aromatic carbocycles. The maximum Gasteiger partial charge on any atom is 0.312 e. The van der Waals surface area contributed by atoms with Crippen LogP contribution < -0.4 is 0 Å². The first-order valence-electron chi connectivity index (χ1n) is 4.42. The van der Waals surface area contributed by atoms with E-state index in [1.165, 1.54) is 13.5 Å². The van der Waals surface area contributed by atoms with Crippen LogP contribution in [0.5, 0.6) is 0 Å².